The predicted octanol–water partition coefficient (Wildman–Crippen LogP) is 25.8. The van der Waals surface area contributed by atoms with Crippen molar-refractivity contribution in [2.24, 2.45) is 0 Å². The van der Waals surface area contributed by atoms with E-state index in [1.807, 2.05) is 30.3 Å². The first-order chi connectivity index (χ1) is 60.9. The molecule has 0 bridgehead atoms. The van der Waals surface area contributed by atoms with Crippen molar-refractivity contribution in [2.45, 2.75) is 78.6 Å². The third-order valence-electron chi connectivity index (χ3n) is 24.6. The minimum atomic E-state index is -2.98. The van der Waals surface area contributed by atoms with Gasteiger partial charge in [0, 0.05) is 61.5 Å². The minimum absolute atomic E-state index is 0.102. The largest absolute Gasteiger partial charge is 0.310 e. The minimum Gasteiger partial charge on any atom is -0.310 e. The molecule has 119 heavy (non-hydrogen) atoms. The molecule has 5 heteroatoms. The summed E-state index contributed by atoms with van der Waals surface area (Å²) >= 11 is 0. The number of hydrogen-bond donors (Lipinski definition) is 0. The highest BCUT2D eigenvalue weighted by atomic mass is 28.3. The number of rotatable bonds is 14. The quantitative estimate of drug-likeness (QED) is 0.0794. The van der Waals surface area contributed by atoms with E-state index in [1.54, 1.807) is 4.57 Å². The Morgan fingerprint density at radius 2 is 0.647 bits per heavy atom. The molecule has 2 aliphatic rings. The Hall–Kier alpha value is -13.6. The van der Waals surface area contributed by atoms with Crippen LogP contribution >= 0.6 is 0 Å². The summed E-state index contributed by atoms with van der Waals surface area (Å²) in [5.74, 6) is 0. The van der Waals surface area contributed by atoms with Gasteiger partial charge in [-0.3, -0.25) is 0 Å². The standard InChI is InChI=1S/C114H94BN3Si/c1-112(2,3)87-70-96(80-41-22-12-23-42-80)110(97(71-87)81-43-24-13-25-44-81)118-106-76-90(116-103-56-35-34-55-95(103)100-68-84(59-65-104(100)116)78-39-20-11-21-40-78)61-64-101(106)115-102-69-85(79-57-62-94(63-58-79)119(91-49-28-15-29-50-91,92-51-30-16-31-52-92)93-53-32-17-33-54-93)60-66-105(102)117(107-74-89(114(7,8)9)75-108(118)109(107)115)111-98(82-45-26-14-27-46-82)72-88(113(4,5)6)73-99(111)86-48-36-47-83(67-86)77-37-18-10-19-38-77/h10-76H,1-9H3/i34D,35D,55D,56D,59D,65D,68D. The second-order valence-corrected chi connectivity index (χ2v) is 38.8. The molecule has 0 atom stereocenters. The van der Waals surface area contributed by atoms with Gasteiger partial charge in [-0.2, -0.15) is 0 Å². The lowest BCUT2D eigenvalue weighted by Crippen LogP contribution is -2.74. The average Bonchev–Trinajstić information content (AvgIpc) is 0.843. The van der Waals surface area contributed by atoms with E-state index in [4.69, 9.17) is 0 Å². The number of nitrogens with zero attached hydrogens (tertiary/aromatic N) is 3. The van der Waals surface area contributed by atoms with E-state index in [0.29, 0.717) is 11.3 Å². The van der Waals surface area contributed by atoms with Gasteiger partial charge in [0.2, 0.25) is 0 Å². The molecule has 0 radical (unpaired) electrons. The molecule has 0 N–H and O–H groups in total. The first-order valence-electron chi connectivity index (χ1n) is 45.0. The second-order valence-electron chi connectivity index (χ2n) is 35.0. The molecule has 3 heterocycles. The zero-order valence-electron chi connectivity index (χ0n) is 75.6. The van der Waals surface area contributed by atoms with Crippen molar-refractivity contribution >= 4 is 108 Å². The Balaban J connectivity index is 0.955. The van der Waals surface area contributed by atoms with Crippen LogP contribution in [0.2, 0.25) is 0 Å². The molecular weight excluding hydrogens is 1450 g/mol. The molecule has 17 aromatic carbocycles. The molecule has 0 aliphatic carbocycles. The lowest BCUT2D eigenvalue weighted by atomic mass is 9.33. The summed E-state index contributed by atoms with van der Waals surface area (Å²) in [5, 5.41) is 5.39. The Labute approximate surface area is 712 Å². The summed E-state index contributed by atoms with van der Waals surface area (Å²) in [6.45, 7) is 20.2. The van der Waals surface area contributed by atoms with E-state index in [-0.39, 0.29) is 68.4 Å². The Morgan fingerprint density at radius 1 is 0.269 bits per heavy atom. The van der Waals surface area contributed by atoms with Gasteiger partial charge in [-0.05, 0) is 204 Å². The van der Waals surface area contributed by atoms with Crippen molar-refractivity contribution in [3.05, 3.63) is 423 Å². The Bertz CT molecular complexity index is 7160. The van der Waals surface area contributed by atoms with Crippen molar-refractivity contribution in [3.63, 3.8) is 0 Å². The van der Waals surface area contributed by atoms with Gasteiger partial charge in [0.15, 0.2) is 8.07 Å². The number of benzene rings is 17. The van der Waals surface area contributed by atoms with Crippen molar-refractivity contribution in [1.82, 2.24) is 4.57 Å². The number of para-hydroxylation sites is 1. The molecule has 0 spiro atoms. The maximum Gasteiger partial charge on any atom is 0.252 e. The maximum absolute atomic E-state index is 10.4. The van der Waals surface area contributed by atoms with Crippen molar-refractivity contribution in [1.29, 1.82) is 0 Å². The van der Waals surface area contributed by atoms with E-state index in [9.17, 15) is 9.60 Å². The van der Waals surface area contributed by atoms with Gasteiger partial charge in [0.25, 0.3) is 6.71 Å². The monoisotopic (exact) mass is 1550 g/mol. The zero-order chi connectivity index (χ0) is 87.0. The van der Waals surface area contributed by atoms with Crippen LogP contribution in [0.15, 0.2) is 406 Å². The number of hydrogen-bond acceptors (Lipinski definition) is 2. The lowest BCUT2D eigenvalue weighted by molar-refractivity contribution is 0.590. The maximum atomic E-state index is 10.4. The second kappa shape index (κ2) is 29.5. The summed E-state index contributed by atoms with van der Waals surface area (Å²) in [6.07, 6.45) is 0. The van der Waals surface area contributed by atoms with Gasteiger partial charge < -0.3 is 14.4 Å². The zero-order valence-corrected chi connectivity index (χ0v) is 69.6. The first kappa shape index (κ1) is 66.6. The molecule has 2 aliphatic heterocycles. The fraction of sp³-hybridized carbons (Fsp3) is 0.105. The lowest BCUT2D eigenvalue weighted by Gasteiger charge is -2.47. The molecule has 0 saturated carbocycles. The highest BCUT2D eigenvalue weighted by Gasteiger charge is 2.48. The highest BCUT2D eigenvalue weighted by Crippen LogP contribution is 2.56. The average molecular weight is 1550 g/mol. The van der Waals surface area contributed by atoms with Crippen LogP contribution in [0.25, 0.3) is 105 Å². The molecular formula is C114H94BN3Si. The van der Waals surface area contributed by atoms with E-state index in [2.05, 4.69) is 406 Å². The molecule has 18 aromatic rings. The third-order valence-corrected chi connectivity index (χ3v) is 29.4. The third kappa shape index (κ3) is 13.0. The van der Waals surface area contributed by atoms with Crippen molar-refractivity contribution in [2.75, 3.05) is 9.80 Å². The topological polar surface area (TPSA) is 11.4 Å². The van der Waals surface area contributed by atoms with Crippen LogP contribution in [0.1, 0.15) is 88.6 Å². The van der Waals surface area contributed by atoms with Gasteiger partial charge in [-0.1, -0.05) is 390 Å². The SMILES string of the molecule is [2H]c1c([2H])c([2H])c2c(c1[2H])c1c([2H])c(-c3ccccc3)c([2H])c([2H])c1n2-c1ccc2c(c1)N(c1c(-c3ccccc3)cc(C(C)(C)C)cc1-c1ccccc1)c1cc(C(C)(C)C)cc3c1B2c1cc(-c2ccc([Si](c4ccccc4)(c4ccccc4)c4ccccc4)cc2)ccc1N3c1c(-c2ccccc2)cc(C(C)(C)C)cc1-c1cccc(-c2ccccc2)c1. The van der Waals surface area contributed by atoms with Crippen LogP contribution in [-0.4, -0.2) is 19.4 Å². The first-order valence-corrected chi connectivity index (χ1v) is 43.5. The van der Waals surface area contributed by atoms with E-state index in [1.165, 1.54) is 26.3 Å². The van der Waals surface area contributed by atoms with Crippen LogP contribution in [0.5, 0.6) is 0 Å². The molecule has 0 unspecified atom stereocenters. The van der Waals surface area contributed by atoms with Crippen molar-refractivity contribution in [3.8, 4) is 83.6 Å². The van der Waals surface area contributed by atoms with Crippen LogP contribution in [-0.2, 0) is 16.2 Å². The van der Waals surface area contributed by atoms with Crippen LogP contribution in [0, 0.1) is 0 Å². The smallest absolute Gasteiger partial charge is 0.252 e. The summed E-state index contributed by atoms with van der Waals surface area (Å²) in [7, 11) is -2.98. The number of fused-ring (bicyclic) bond motifs is 7. The predicted molar refractivity (Wildman–Crippen MR) is 513 cm³/mol. The summed E-state index contributed by atoms with van der Waals surface area (Å²) in [4.78, 5) is 5.15. The molecule has 0 saturated heterocycles. The Kier molecular flexibility index (Phi) is 16.5. The molecule has 572 valence electrons. The summed E-state index contributed by atoms with van der Waals surface area (Å²) in [6, 6.07) is 130. The van der Waals surface area contributed by atoms with Gasteiger partial charge in [-0.25, -0.2) is 0 Å². The van der Waals surface area contributed by atoms with Gasteiger partial charge in [0.05, 0.1) is 32.0 Å². The number of anilines is 6. The van der Waals surface area contributed by atoms with E-state index < -0.39 is 32.3 Å². The fourth-order valence-electron chi connectivity index (χ4n) is 18.6. The fourth-order valence-corrected chi connectivity index (χ4v) is 23.3. The number of aromatic nitrogens is 1. The summed E-state index contributed by atoms with van der Waals surface area (Å²) < 4.78 is 71.7. The molecule has 1 aromatic heterocycles. The summed E-state index contributed by atoms with van der Waals surface area (Å²) in [5.41, 5.74) is 25.0. The molecule has 0 fully saturated rings. The van der Waals surface area contributed by atoms with Crippen LogP contribution < -0.4 is 46.9 Å². The molecule has 20 rings (SSSR count). The van der Waals surface area contributed by atoms with E-state index in [0.717, 1.165) is 128 Å². The van der Waals surface area contributed by atoms with Gasteiger partial charge >= 0.3 is 0 Å². The van der Waals surface area contributed by atoms with Crippen LogP contribution in [0.3, 0.4) is 0 Å². The molecule has 3 nitrogen and oxygen atoms in total. The highest BCUT2D eigenvalue weighted by molar-refractivity contribution is 7.20. The van der Waals surface area contributed by atoms with Crippen LogP contribution in [0.4, 0.5) is 34.1 Å². The Morgan fingerprint density at radius 3 is 1.13 bits per heavy atom. The van der Waals surface area contributed by atoms with Gasteiger partial charge in [-0.15, -0.1) is 0 Å². The van der Waals surface area contributed by atoms with Crippen molar-refractivity contribution < 1.29 is 9.60 Å². The van der Waals surface area contributed by atoms with Gasteiger partial charge in [0.1, 0.15) is 0 Å². The van der Waals surface area contributed by atoms with E-state index >= 15 is 0 Å². The molecule has 0 amide bonds. The normalized spacial score (nSPS) is 13.5.